The zero-order chi connectivity index (χ0) is 10.1. The maximum Gasteiger partial charge on any atom is -1.00 e. The van der Waals surface area contributed by atoms with Crippen LogP contribution >= 0.6 is 0 Å². The number of allylic oxidation sites excluding steroid dienone is 8. The van der Waals surface area contributed by atoms with Crippen molar-refractivity contribution in [2.75, 3.05) is 0 Å². The molecular weight excluding hydrogens is 406 g/mol. The average molecular weight is 422 g/mol. The molecule has 0 aromatic carbocycles. The standard InChI is InChI=1S/C7H9.C6H7.2ClH.Hf/c1-6-4-3-5-7(6)2;1-6-4-2-3-5-6;;;/h3H,4H2,1-2H3;2,4H,3H2,1H3;2*1H;/q;;;;+2/p-2. The van der Waals surface area contributed by atoms with E-state index >= 15 is 0 Å². The van der Waals surface area contributed by atoms with Gasteiger partial charge in [-0.25, -0.2) is 0 Å². The van der Waals surface area contributed by atoms with Crippen molar-refractivity contribution in [1.29, 1.82) is 0 Å². The molecule has 2 aliphatic rings. The molecule has 0 aromatic heterocycles. The topological polar surface area (TPSA) is 0 Å². The van der Waals surface area contributed by atoms with E-state index in [-0.39, 0.29) is 24.8 Å². The number of hydrogen-bond donors (Lipinski definition) is 0. The number of hydrogen-bond acceptors (Lipinski definition) is 0. The molecule has 2 aliphatic carbocycles. The molecule has 0 nitrogen and oxygen atoms in total. The Morgan fingerprint density at radius 2 is 1.75 bits per heavy atom. The molecule has 0 atom stereocenters. The van der Waals surface area contributed by atoms with Gasteiger partial charge < -0.3 is 24.8 Å². The fourth-order valence-corrected chi connectivity index (χ4v) is 7.00. The first-order valence-corrected chi connectivity index (χ1v) is 8.78. The molecular formula is C13H16Cl2Hf. The molecule has 86 valence electrons. The van der Waals surface area contributed by atoms with E-state index in [1.807, 2.05) is 0 Å². The molecule has 0 fully saturated rings. The van der Waals surface area contributed by atoms with Gasteiger partial charge in [0.1, 0.15) is 0 Å². The summed E-state index contributed by atoms with van der Waals surface area (Å²) in [6.07, 6.45) is 9.56. The first-order valence-electron chi connectivity index (χ1n) is 5.18. The molecule has 0 bridgehead atoms. The van der Waals surface area contributed by atoms with Crippen LogP contribution < -0.4 is 24.8 Å². The zero-order valence-corrected chi connectivity index (χ0v) is 15.0. The van der Waals surface area contributed by atoms with Gasteiger partial charge in [0.15, 0.2) is 0 Å². The Hall–Kier alpha value is 0.410. The maximum atomic E-state index is 2.48. The van der Waals surface area contributed by atoms with Crippen LogP contribution in [0.5, 0.6) is 0 Å². The normalized spacial score (nSPS) is 18.1. The summed E-state index contributed by atoms with van der Waals surface area (Å²) in [4.78, 5) is 0. The van der Waals surface area contributed by atoms with Crippen LogP contribution in [0.2, 0.25) is 0 Å². The minimum atomic E-state index is -0.666. The van der Waals surface area contributed by atoms with Crippen molar-refractivity contribution >= 4 is 0 Å². The van der Waals surface area contributed by atoms with Crippen molar-refractivity contribution in [3.63, 3.8) is 0 Å². The molecule has 0 saturated heterocycles. The van der Waals surface area contributed by atoms with Crippen molar-refractivity contribution in [3.05, 3.63) is 41.6 Å². The summed E-state index contributed by atoms with van der Waals surface area (Å²) >= 11 is -0.666. The fraction of sp³-hybridized carbons (Fsp3) is 0.385. The van der Waals surface area contributed by atoms with Crippen LogP contribution in [0.15, 0.2) is 41.6 Å². The molecule has 0 heterocycles. The van der Waals surface area contributed by atoms with E-state index in [2.05, 4.69) is 39.0 Å². The van der Waals surface area contributed by atoms with Gasteiger partial charge in [-0.1, -0.05) is 0 Å². The van der Waals surface area contributed by atoms with Gasteiger partial charge >= 0.3 is 98.1 Å². The Kier molecular flexibility index (Phi) is 7.16. The number of halogens is 2. The fourth-order valence-electron chi connectivity index (χ4n) is 1.86. The van der Waals surface area contributed by atoms with Crippen LogP contribution in [0, 0.1) is 0 Å². The summed E-state index contributed by atoms with van der Waals surface area (Å²) < 4.78 is 3.55. The third kappa shape index (κ3) is 3.45. The van der Waals surface area contributed by atoms with Gasteiger partial charge in [0, 0.05) is 0 Å². The SMILES string of the molecule is CC1=[C]([Hf+2][C]2=CCC(C)=C2C)CC=C1.[Cl-].[Cl-]. The third-order valence-electron chi connectivity index (χ3n) is 3.11. The minimum Gasteiger partial charge on any atom is -1.00 e. The maximum absolute atomic E-state index is 2.48. The van der Waals surface area contributed by atoms with E-state index in [1.165, 1.54) is 12.8 Å². The van der Waals surface area contributed by atoms with Gasteiger partial charge in [0.05, 0.1) is 0 Å². The second kappa shape index (κ2) is 6.98. The van der Waals surface area contributed by atoms with E-state index < -0.39 is 22.9 Å². The van der Waals surface area contributed by atoms with Gasteiger partial charge in [0.2, 0.25) is 0 Å². The zero-order valence-electron chi connectivity index (χ0n) is 9.90. The molecule has 0 aromatic rings. The van der Waals surface area contributed by atoms with Gasteiger partial charge in [-0.05, 0) is 0 Å². The van der Waals surface area contributed by atoms with Gasteiger partial charge in [-0.3, -0.25) is 0 Å². The second-order valence-electron chi connectivity index (χ2n) is 4.12. The molecule has 0 aliphatic heterocycles. The molecule has 3 heteroatoms. The first kappa shape index (κ1) is 16.4. The largest absolute Gasteiger partial charge is 1.00 e. The van der Waals surface area contributed by atoms with Crippen LogP contribution in [0.25, 0.3) is 0 Å². The van der Waals surface area contributed by atoms with Gasteiger partial charge in [-0.2, -0.15) is 0 Å². The Morgan fingerprint density at radius 1 is 1.06 bits per heavy atom. The van der Waals surface area contributed by atoms with Gasteiger partial charge in [-0.15, -0.1) is 0 Å². The first-order chi connectivity index (χ1) is 6.68. The molecule has 0 radical (unpaired) electrons. The van der Waals surface area contributed by atoms with E-state index in [1.54, 1.807) is 23.4 Å². The Morgan fingerprint density at radius 3 is 2.19 bits per heavy atom. The Bertz CT molecular complexity index is 387. The molecule has 0 saturated carbocycles. The summed E-state index contributed by atoms with van der Waals surface area (Å²) in [5.41, 5.74) is 4.77. The molecule has 2 rings (SSSR count). The Balaban J connectivity index is 0.00000112. The second-order valence-corrected chi connectivity index (χ2v) is 9.12. The van der Waals surface area contributed by atoms with E-state index in [4.69, 9.17) is 0 Å². The summed E-state index contributed by atoms with van der Waals surface area (Å²) in [5.74, 6) is 0. The molecule has 0 amide bonds. The molecule has 0 N–H and O–H groups in total. The van der Waals surface area contributed by atoms with Crippen molar-refractivity contribution < 1.29 is 47.7 Å². The van der Waals surface area contributed by atoms with E-state index in [0.29, 0.717) is 0 Å². The van der Waals surface area contributed by atoms with E-state index in [9.17, 15) is 0 Å². The molecule has 0 spiro atoms. The summed E-state index contributed by atoms with van der Waals surface area (Å²) in [5, 5.41) is 0. The average Bonchev–Trinajstić information content (AvgIpc) is 2.68. The van der Waals surface area contributed by atoms with Crippen LogP contribution in [0.3, 0.4) is 0 Å². The quantitative estimate of drug-likeness (QED) is 0.450. The van der Waals surface area contributed by atoms with Crippen LogP contribution in [-0.2, 0) is 22.9 Å². The van der Waals surface area contributed by atoms with Crippen molar-refractivity contribution in [2.45, 2.75) is 33.6 Å². The predicted molar refractivity (Wildman–Crippen MR) is 57.5 cm³/mol. The van der Waals surface area contributed by atoms with Crippen LogP contribution in [-0.4, -0.2) is 0 Å². The monoisotopic (exact) mass is 422 g/mol. The summed E-state index contributed by atoms with van der Waals surface area (Å²) in [6, 6.07) is 0. The van der Waals surface area contributed by atoms with Crippen LogP contribution in [0.1, 0.15) is 33.6 Å². The molecule has 16 heavy (non-hydrogen) atoms. The van der Waals surface area contributed by atoms with Gasteiger partial charge in [0.25, 0.3) is 0 Å². The smallest absolute Gasteiger partial charge is 1.00 e. The third-order valence-corrected chi connectivity index (χ3v) is 9.39. The minimum absolute atomic E-state index is 0. The van der Waals surface area contributed by atoms with Crippen molar-refractivity contribution in [2.24, 2.45) is 0 Å². The predicted octanol–water partition coefficient (Wildman–Crippen LogP) is -2.07. The Labute approximate surface area is 122 Å². The number of rotatable bonds is 2. The van der Waals surface area contributed by atoms with E-state index in [0.717, 1.165) is 0 Å². The van der Waals surface area contributed by atoms with Crippen molar-refractivity contribution in [3.8, 4) is 0 Å². The summed E-state index contributed by atoms with van der Waals surface area (Å²) in [7, 11) is 0. The van der Waals surface area contributed by atoms with Crippen molar-refractivity contribution in [1.82, 2.24) is 0 Å². The molecule has 0 unspecified atom stereocenters. The summed E-state index contributed by atoms with van der Waals surface area (Å²) in [6.45, 7) is 6.85. The van der Waals surface area contributed by atoms with Crippen LogP contribution in [0.4, 0.5) is 0 Å².